The Labute approximate surface area is 158 Å². The third-order valence-electron chi connectivity index (χ3n) is 4.89. The maximum Gasteiger partial charge on any atom is 0.235 e. The Kier molecular flexibility index (Phi) is 4.73. The summed E-state index contributed by atoms with van der Waals surface area (Å²) in [6.07, 6.45) is 0.700. The minimum atomic E-state index is -3.14. The maximum atomic E-state index is 12.2. The van der Waals surface area contributed by atoms with Crippen molar-refractivity contribution in [2.45, 2.75) is 25.9 Å². The zero-order valence-electron chi connectivity index (χ0n) is 14.7. The summed E-state index contributed by atoms with van der Waals surface area (Å²) in [6.45, 7) is 3.47. The number of fused-ring (bicyclic) bond motifs is 1. The van der Waals surface area contributed by atoms with Gasteiger partial charge in [-0.25, -0.2) is 8.42 Å². The Morgan fingerprint density at radius 3 is 2.88 bits per heavy atom. The Morgan fingerprint density at radius 1 is 1.19 bits per heavy atom. The highest BCUT2D eigenvalue weighted by Crippen LogP contribution is 2.27. The van der Waals surface area contributed by atoms with Gasteiger partial charge >= 0.3 is 0 Å². The molecule has 0 spiro atoms. The molecule has 6 heteroatoms. The number of nitrogens with zero attached hydrogens (tertiary/aromatic N) is 1. The molecule has 0 bridgehead atoms. The summed E-state index contributed by atoms with van der Waals surface area (Å²) in [5.41, 5.74) is 3.12. The number of thiophene rings is 1. The highest BCUT2D eigenvalue weighted by molar-refractivity contribution is 7.93. The van der Waals surface area contributed by atoms with Crippen LogP contribution in [-0.4, -0.2) is 20.7 Å². The van der Waals surface area contributed by atoms with Crippen LogP contribution in [0.4, 0.5) is 5.69 Å². The normalized spacial score (nSPS) is 17.7. The van der Waals surface area contributed by atoms with Crippen molar-refractivity contribution in [3.05, 3.63) is 65.0 Å². The fourth-order valence-corrected chi connectivity index (χ4v) is 5.72. The largest absolute Gasteiger partial charge is 0.306 e. The van der Waals surface area contributed by atoms with Gasteiger partial charge in [0.2, 0.25) is 10.0 Å². The van der Waals surface area contributed by atoms with Crippen molar-refractivity contribution in [2.75, 3.05) is 16.6 Å². The first-order chi connectivity index (χ1) is 12.5. The third-order valence-corrected chi connectivity index (χ3v) is 7.65. The van der Waals surface area contributed by atoms with E-state index in [1.54, 1.807) is 11.3 Å². The summed E-state index contributed by atoms with van der Waals surface area (Å²) in [5.74, 6) is 0.246. The molecular formula is C20H22N2O2S2. The summed E-state index contributed by atoms with van der Waals surface area (Å²) in [7, 11) is -3.14. The molecule has 2 heterocycles. The average Bonchev–Trinajstić information content (AvgIpc) is 3.24. The molecule has 1 N–H and O–H groups in total. The van der Waals surface area contributed by atoms with E-state index in [1.165, 1.54) is 20.0 Å². The zero-order valence-corrected chi connectivity index (χ0v) is 16.3. The number of hydrogen-bond acceptors (Lipinski definition) is 4. The summed E-state index contributed by atoms with van der Waals surface area (Å²) in [6, 6.07) is 16.7. The van der Waals surface area contributed by atoms with Crippen molar-refractivity contribution in [1.82, 2.24) is 5.32 Å². The smallest absolute Gasteiger partial charge is 0.235 e. The van der Waals surface area contributed by atoms with Crippen LogP contribution in [0, 0.1) is 0 Å². The van der Waals surface area contributed by atoms with Crippen LogP contribution in [0.2, 0.25) is 0 Å². The molecule has 1 fully saturated rings. The fourth-order valence-electron chi connectivity index (χ4n) is 3.39. The van der Waals surface area contributed by atoms with Gasteiger partial charge in [-0.2, -0.15) is 0 Å². The predicted molar refractivity (Wildman–Crippen MR) is 109 cm³/mol. The van der Waals surface area contributed by atoms with E-state index in [9.17, 15) is 8.42 Å². The van der Waals surface area contributed by atoms with Crippen LogP contribution in [0.25, 0.3) is 10.1 Å². The van der Waals surface area contributed by atoms with E-state index in [4.69, 9.17) is 0 Å². The molecule has 2 aromatic carbocycles. The molecule has 1 aliphatic rings. The van der Waals surface area contributed by atoms with Crippen LogP contribution in [0.1, 0.15) is 30.5 Å². The second kappa shape index (κ2) is 7.02. The molecule has 26 heavy (non-hydrogen) atoms. The molecule has 1 aliphatic heterocycles. The summed E-state index contributed by atoms with van der Waals surface area (Å²) in [4.78, 5) is 0. The first-order valence-electron chi connectivity index (χ1n) is 8.83. The van der Waals surface area contributed by atoms with Gasteiger partial charge in [0, 0.05) is 23.8 Å². The van der Waals surface area contributed by atoms with Crippen molar-refractivity contribution < 1.29 is 8.42 Å². The quantitative estimate of drug-likeness (QED) is 0.711. The molecule has 0 radical (unpaired) electrons. The molecule has 0 aliphatic carbocycles. The van der Waals surface area contributed by atoms with Crippen LogP contribution in [-0.2, 0) is 16.6 Å². The predicted octanol–water partition coefficient (Wildman–Crippen LogP) is 4.29. The van der Waals surface area contributed by atoms with E-state index in [0.29, 0.717) is 13.0 Å². The number of rotatable bonds is 5. The number of benzene rings is 2. The van der Waals surface area contributed by atoms with Crippen LogP contribution in [0.15, 0.2) is 53.9 Å². The summed E-state index contributed by atoms with van der Waals surface area (Å²) < 4.78 is 27.1. The van der Waals surface area contributed by atoms with Crippen LogP contribution in [0.3, 0.4) is 0 Å². The van der Waals surface area contributed by atoms with Gasteiger partial charge in [0.25, 0.3) is 0 Å². The van der Waals surface area contributed by atoms with Gasteiger partial charge < -0.3 is 5.32 Å². The second-order valence-corrected chi connectivity index (χ2v) is 9.69. The molecule has 1 saturated heterocycles. The van der Waals surface area contributed by atoms with E-state index >= 15 is 0 Å². The number of nitrogens with one attached hydrogen (secondary N) is 1. The lowest BCUT2D eigenvalue weighted by Crippen LogP contribution is -2.25. The standard InChI is InChI=1S/C20H22N2O2S2/c1-15(21-14-16-6-7-20-18(12-16)8-10-25-20)17-4-2-5-19(13-17)22-9-3-11-26(22,23)24/h2,4-8,10,12-13,15,21H,3,9,11,14H2,1H3. The maximum absolute atomic E-state index is 12.2. The van der Waals surface area contributed by atoms with Crippen molar-refractivity contribution in [3.63, 3.8) is 0 Å². The van der Waals surface area contributed by atoms with E-state index in [2.05, 4.69) is 41.9 Å². The van der Waals surface area contributed by atoms with E-state index in [0.717, 1.165) is 17.8 Å². The molecular weight excluding hydrogens is 364 g/mol. The average molecular weight is 387 g/mol. The molecule has 136 valence electrons. The Balaban J connectivity index is 1.47. The van der Waals surface area contributed by atoms with Gasteiger partial charge in [-0.05, 0) is 65.6 Å². The van der Waals surface area contributed by atoms with Gasteiger partial charge in [0.05, 0.1) is 11.4 Å². The SMILES string of the molecule is CC(NCc1ccc2sccc2c1)c1cccc(N2CCCS2(=O)=O)c1. The Hall–Kier alpha value is -1.89. The van der Waals surface area contributed by atoms with E-state index in [1.807, 2.05) is 24.3 Å². The Bertz CT molecular complexity index is 1030. The minimum Gasteiger partial charge on any atom is -0.306 e. The van der Waals surface area contributed by atoms with Gasteiger partial charge in [0.15, 0.2) is 0 Å². The molecule has 1 atom stereocenters. The van der Waals surface area contributed by atoms with Crippen LogP contribution >= 0.6 is 11.3 Å². The van der Waals surface area contributed by atoms with Gasteiger partial charge in [0.1, 0.15) is 0 Å². The van der Waals surface area contributed by atoms with Gasteiger partial charge in [-0.3, -0.25) is 4.31 Å². The first kappa shape index (κ1) is 17.5. The third kappa shape index (κ3) is 3.49. The lowest BCUT2D eigenvalue weighted by Gasteiger charge is -2.20. The number of anilines is 1. The lowest BCUT2D eigenvalue weighted by molar-refractivity contribution is 0.575. The van der Waals surface area contributed by atoms with Crippen LogP contribution in [0.5, 0.6) is 0 Å². The van der Waals surface area contributed by atoms with Crippen molar-refractivity contribution in [2.24, 2.45) is 0 Å². The lowest BCUT2D eigenvalue weighted by atomic mass is 10.1. The summed E-state index contributed by atoms with van der Waals surface area (Å²) >= 11 is 1.76. The topological polar surface area (TPSA) is 49.4 Å². The van der Waals surface area contributed by atoms with Crippen molar-refractivity contribution in [1.29, 1.82) is 0 Å². The van der Waals surface area contributed by atoms with Gasteiger partial charge in [-0.1, -0.05) is 18.2 Å². The molecule has 4 nitrogen and oxygen atoms in total. The molecule has 0 amide bonds. The van der Waals surface area contributed by atoms with Crippen molar-refractivity contribution in [3.8, 4) is 0 Å². The number of hydrogen-bond donors (Lipinski definition) is 1. The minimum absolute atomic E-state index is 0.137. The fraction of sp³-hybridized carbons (Fsp3) is 0.300. The molecule has 1 aromatic heterocycles. The first-order valence-corrected chi connectivity index (χ1v) is 11.3. The van der Waals surface area contributed by atoms with Gasteiger partial charge in [-0.15, -0.1) is 11.3 Å². The highest BCUT2D eigenvalue weighted by atomic mass is 32.2. The zero-order chi connectivity index (χ0) is 18.1. The Morgan fingerprint density at radius 2 is 2.08 bits per heavy atom. The van der Waals surface area contributed by atoms with E-state index < -0.39 is 10.0 Å². The van der Waals surface area contributed by atoms with E-state index in [-0.39, 0.29) is 11.8 Å². The second-order valence-electron chi connectivity index (χ2n) is 6.73. The summed E-state index contributed by atoms with van der Waals surface area (Å²) in [5, 5.41) is 6.94. The molecule has 4 rings (SSSR count). The van der Waals surface area contributed by atoms with Crippen molar-refractivity contribution >= 4 is 37.1 Å². The molecule has 1 unspecified atom stereocenters. The molecule has 0 saturated carbocycles. The monoisotopic (exact) mass is 386 g/mol. The highest BCUT2D eigenvalue weighted by Gasteiger charge is 2.28. The molecule has 3 aromatic rings. The number of sulfonamides is 1. The van der Waals surface area contributed by atoms with Crippen LogP contribution < -0.4 is 9.62 Å².